The van der Waals surface area contributed by atoms with E-state index in [1.807, 2.05) is 12.4 Å². The minimum atomic E-state index is 0.377. The van der Waals surface area contributed by atoms with E-state index in [2.05, 4.69) is 29.1 Å². The van der Waals surface area contributed by atoms with Gasteiger partial charge in [-0.15, -0.1) is 0 Å². The van der Waals surface area contributed by atoms with Crippen molar-refractivity contribution in [1.29, 1.82) is 0 Å². The van der Waals surface area contributed by atoms with Gasteiger partial charge < -0.3 is 10.6 Å². The summed E-state index contributed by atoms with van der Waals surface area (Å²) in [5, 5.41) is 0. The Morgan fingerprint density at radius 1 is 1.44 bits per heavy atom. The lowest BCUT2D eigenvalue weighted by Gasteiger charge is -2.20. The van der Waals surface area contributed by atoms with Crippen LogP contribution in [0, 0.1) is 5.92 Å². The molecule has 2 rings (SSSR count). The first-order valence-corrected chi connectivity index (χ1v) is 6.09. The third-order valence-corrected chi connectivity index (χ3v) is 3.28. The molecule has 0 spiro atoms. The second-order valence-electron chi connectivity index (χ2n) is 4.87. The Labute approximate surface area is 97.7 Å². The van der Waals surface area contributed by atoms with Crippen LogP contribution in [0.2, 0.25) is 0 Å². The van der Waals surface area contributed by atoms with Crippen molar-refractivity contribution >= 4 is 0 Å². The Kier molecular flexibility index (Phi) is 3.91. The molecule has 0 aromatic carbocycles. The first-order valence-electron chi connectivity index (χ1n) is 6.09. The van der Waals surface area contributed by atoms with Crippen molar-refractivity contribution in [2.75, 3.05) is 20.1 Å². The Bertz CT molecular complexity index is 308. The monoisotopic (exact) mass is 219 g/mol. The molecule has 1 heterocycles. The number of aromatic nitrogens is 1. The van der Waals surface area contributed by atoms with Crippen molar-refractivity contribution in [3.8, 4) is 0 Å². The van der Waals surface area contributed by atoms with Crippen molar-refractivity contribution in [1.82, 2.24) is 9.88 Å². The van der Waals surface area contributed by atoms with Crippen LogP contribution in [-0.2, 0) is 6.42 Å². The predicted molar refractivity (Wildman–Crippen MR) is 66.1 cm³/mol. The van der Waals surface area contributed by atoms with Crippen LogP contribution in [0.15, 0.2) is 24.5 Å². The summed E-state index contributed by atoms with van der Waals surface area (Å²) in [4.78, 5) is 6.36. The summed E-state index contributed by atoms with van der Waals surface area (Å²) in [7, 11) is 2.16. The molecule has 0 radical (unpaired) electrons. The first kappa shape index (κ1) is 11.6. The van der Waals surface area contributed by atoms with Crippen molar-refractivity contribution in [2.24, 2.45) is 11.7 Å². The third-order valence-electron chi connectivity index (χ3n) is 3.28. The molecule has 0 aliphatic heterocycles. The molecule has 2 N–H and O–H groups in total. The number of pyridine rings is 1. The Morgan fingerprint density at radius 3 is 2.75 bits per heavy atom. The molecule has 3 heteroatoms. The largest absolute Gasteiger partial charge is 0.326 e. The van der Waals surface area contributed by atoms with Gasteiger partial charge >= 0.3 is 0 Å². The number of nitrogens with two attached hydrogens (primary N) is 1. The van der Waals surface area contributed by atoms with E-state index in [9.17, 15) is 0 Å². The highest BCUT2D eigenvalue weighted by Gasteiger charge is 2.28. The molecular formula is C13H21N3. The average molecular weight is 219 g/mol. The van der Waals surface area contributed by atoms with Gasteiger partial charge in [0.15, 0.2) is 0 Å². The summed E-state index contributed by atoms with van der Waals surface area (Å²) in [6.45, 7) is 2.10. The van der Waals surface area contributed by atoms with E-state index < -0.39 is 0 Å². The molecule has 88 valence electrons. The Hall–Kier alpha value is -0.930. The number of rotatable bonds is 6. The summed E-state index contributed by atoms with van der Waals surface area (Å²) < 4.78 is 0. The van der Waals surface area contributed by atoms with Crippen molar-refractivity contribution in [2.45, 2.75) is 25.3 Å². The van der Waals surface area contributed by atoms with Crippen LogP contribution in [0.5, 0.6) is 0 Å². The van der Waals surface area contributed by atoms with E-state index in [0.29, 0.717) is 6.04 Å². The SMILES string of the molecule is CN(CCc1ccncc1)CC(N)C1CC1. The molecule has 1 saturated carbocycles. The van der Waals surface area contributed by atoms with Crippen LogP contribution in [0.25, 0.3) is 0 Å². The lowest BCUT2D eigenvalue weighted by molar-refractivity contribution is 0.302. The van der Waals surface area contributed by atoms with E-state index in [1.54, 1.807) is 0 Å². The molecule has 0 saturated heterocycles. The molecule has 1 fully saturated rings. The molecule has 0 bridgehead atoms. The maximum Gasteiger partial charge on any atom is 0.0270 e. The van der Waals surface area contributed by atoms with E-state index in [-0.39, 0.29) is 0 Å². The molecule has 1 atom stereocenters. The van der Waals surface area contributed by atoms with Gasteiger partial charge in [-0.25, -0.2) is 0 Å². The fourth-order valence-corrected chi connectivity index (χ4v) is 1.99. The van der Waals surface area contributed by atoms with Gasteiger partial charge in [0.1, 0.15) is 0 Å². The van der Waals surface area contributed by atoms with Gasteiger partial charge in [0.2, 0.25) is 0 Å². The Balaban J connectivity index is 1.69. The molecule has 1 aromatic heterocycles. The van der Waals surface area contributed by atoms with Crippen LogP contribution in [-0.4, -0.2) is 36.1 Å². The molecule has 1 unspecified atom stereocenters. The van der Waals surface area contributed by atoms with Crippen LogP contribution in [0.3, 0.4) is 0 Å². The van der Waals surface area contributed by atoms with Gasteiger partial charge in [-0.2, -0.15) is 0 Å². The van der Waals surface area contributed by atoms with E-state index in [0.717, 1.165) is 25.4 Å². The summed E-state index contributed by atoms with van der Waals surface area (Å²) in [5.74, 6) is 0.795. The number of nitrogens with zero attached hydrogens (tertiary/aromatic N) is 2. The zero-order valence-electron chi connectivity index (χ0n) is 9.97. The maximum absolute atomic E-state index is 6.10. The lowest BCUT2D eigenvalue weighted by Crippen LogP contribution is -2.37. The average Bonchev–Trinajstić information content (AvgIpc) is 3.11. The topological polar surface area (TPSA) is 42.2 Å². The van der Waals surface area contributed by atoms with E-state index in [1.165, 1.54) is 18.4 Å². The van der Waals surface area contributed by atoms with Crippen LogP contribution in [0.4, 0.5) is 0 Å². The molecule has 1 aliphatic rings. The van der Waals surface area contributed by atoms with Gasteiger partial charge in [-0.1, -0.05) is 0 Å². The lowest BCUT2D eigenvalue weighted by atomic mass is 10.1. The molecule has 3 nitrogen and oxygen atoms in total. The van der Waals surface area contributed by atoms with Gasteiger partial charge in [-0.3, -0.25) is 4.98 Å². The highest BCUT2D eigenvalue weighted by Crippen LogP contribution is 2.31. The summed E-state index contributed by atoms with van der Waals surface area (Å²) in [5.41, 5.74) is 7.45. The third kappa shape index (κ3) is 3.58. The summed E-state index contributed by atoms with van der Waals surface area (Å²) >= 11 is 0. The smallest absolute Gasteiger partial charge is 0.0270 e. The zero-order chi connectivity index (χ0) is 11.4. The molecule has 1 aromatic rings. The minimum Gasteiger partial charge on any atom is -0.326 e. The highest BCUT2D eigenvalue weighted by atomic mass is 15.1. The van der Waals surface area contributed by atoms with Gasteiger partial charge in [0.25, 0.3) is 0 Å². The fourth-order valence-electron chi connectivity index (χ4n) is 1.99. The van der Waals surface area contributed by atoms with Crippen LogP contribution < -0.4 is 5.73 Å². The van der Waals surface area contributed by atoms with Gasteiger partial charge in [0, 0.05) is 31.5 Å². The van der Waals surface area contributed by atoms with Crippen molar-refractivity contribution in [3.63, 3.8) is 0 Å². The van der Waals surface area contributed by atoms with Crippen LogP contribution in [0.1, 0.15) is 18.4 Å². The molecular weight excluding hydrogens is 198 g/mol. The quantitative estimate of drug-likeness (QED) is 0.784. The zero-order valence-corrected chi connectivity index (χ0v) is 9.97. The second-order valence-corrected chi connectivity index (χ2v) is 4.87. The first-order chi connectivity index (χ1) is 7.75. The molecule has 1 aliphatic carbocycles. The standard InChI is InChI=1S/C13H21N3/c1-16(10-13(14)12-2-3-12)9-6-11-4-7-15-8-5-11/h4-5,7-8,12-13H,2-3,6,9-10,14H2,1H3. The highest BCUT2D eigenvalue weighted by molar-refractivity contribution is 5.09. The van der Waals surface area contributed by atoms with Gasteiger partial charge in [0.05, 0.1) is 0 Å². The number of hydrogen-bond donors (Lipinski definition) is 1. The fraction of sp³-hybridized carbons (Fsp3) is 0.615. The minimum absolute atomic E-state index is 0.377. The van der Waals surface area contributed by atoms with Crippen LogP contribution >= 0.6 is 0 Å². The normalized spacial score (nSPS) is 17.7. The molecule has 0 amide bonds. The summed E-state index contributed by atoms with van der Waals surface area (Å²) in [6, 6.07) is 4.53. The van der Waals surface area contributed by atoms with Crippen molar-refractivity contribution in [3.05, 3.63) is 30.1 Å². The predicted octanol–water partition coefficient (Wildman–Crippen LogP) is 1.29. The number of likely N-dealkylation sites (N-methyl/N-ethyl adjacent to an activating group) is 1. The van der Waals surface area contributed by atoms with E-state index in [4.69, 9.17) is 5.73 Å². The molecule has 16 heavy (non-hydrogen) atoms. The maximum atomic E-state index is 6.10. The van der Waals surface area contributed by atoms with E-state index >= 15 is 0 Å². The van der Waals surface area contributed by atoms with Gasteiger partial charge in [-0.05, 0) is 49.9 Å². The van der Waals surface area contributed by atoms with Crippen molar-refractivity contribution < 1.29 is 0 Å². The Morgan fingerprint density at radius 2 is 2.12 bits per heavy atom. The number of hydrogen-bond acceptors (Lipinski definition) is 3. The second kappa shape index (κ2) is 5.41. The summed E-state index contributed by atoms with van der Waals surface area (Å²) in [6.07, 6.45) is 7.45.